The Kier molecular flexibility index (Phi) is 5.65. The fourth-order valence-corrected chi connectivity index (χ4v) is 3.03. The van der Waals surface area contributed by atoms with E-state index in [1.165, 1.54) is 25.9 Å². The lowest BCUT2D eigenvalue weighted by atomic mass is 9.72. The van der Waals surface area contributed by atoms with Gasteiger partial charge in [0.25, 0.3) is 0 Å². The van der Waals surface area contributed by atoms with Crippen LogP contribution in [0.4, 0.5) is 4.79 Å². The highest BCUT2D eigenvalue weighted by molar-refractivity contribution is 5.74. The van der Waals surface area contributed by atoms with E-state index in [2.05, 4.69) is 25.8 Å². The van der Waals surface area contributed by atoms with Crippen LogP contribution in [0.5, 0.6) is 0 Å². The number of carbonyl (C=O) groups is 1. The fraction of sp³-hybridized carbons (Fsp3) is 0.933. The van der Waals surface area contributed by atoms with Gasteiger partial charge in [0.1, 0.15) is 0 Å². The summed E-state index contributed by atoms with van der Waals surface area (Å²) in [7, 11) is 4.07. The topological polar surface area (TPSA) is 26.8 Å². The van der Waals surface area contributed by atoms with E-state index in [-0.39, 0.29) is 12.1 Å². The van der Waals surface area contributed by atoms with Crippen LogP contribution in [0.15, 0.2) is 0 Å². The summed E-state index contributed by atoms with van der Waals surface area (Å²) in [5.74, 6) is 0. The van der Waals surface area contributed by atoms with Crippen LogP contribution in [0.1, 0.15) is 40.5 Å². The first-order valence-corrected chi connectivity index (χ1v) is 7.64. The van der Waals surface area contributed by atoms with Crippen LogP contribution in [0, 0.1) is 5.41 Å². The van der Waals surface area contributed by atoms with E-state index in [1.807, 2.05) is 30.7 Å². The molecule has 4 nitrogen and oxygen atoms in total. The molecule has 0 saturated carbocycles. The number of likely N-dealkylation sites (tertiary alicyclic amines) is 2. The molecule has 2 heterocycles. The van der Waals surface area contributed by atoms with Gasteiger partial charge in [0, 0.05) is 39.3 Å². The summed E-state index contributed by atoms with van der Waals surface area (Å²) < 4.78 is 0. The molecule has 0 unspecified atom stereocenters. The van der Waals surface area contributed by atoms with E-state index >= 15 is 0 Å². The number of rotatable bonds is 1. The summed E-state index contributed by atoms with van der Waals surface area (Å²) in [6.45, 7) is 12.4. The van der Waals surface area contributed by atoms with Gasteiger partial charge in [-0.3, -0.25) is 0 Å². The first kappa shape index (κ1) is 16.3. The Balaban J connectivity index is 0.000000861. The molecule has 2 saturated heterocycles. The number of urea groups is 1. The fourth-order valence-electron chi connectivity index (χ4n) is 3.03. The predicted octanol–water partition coefficient (Wildman–Crippen LogP) is 2.50. The van der Waals surface area contributed by atoms with Crippen LogP contribution >= 0.6 is 0 Å². The molecule has 0 bridgehead atoms. The standard InChI is InChI=1S/C13H25N3O.C2H6/c1-11(2)15(4)12(17)16-7-5-13(6-8-16)9-14(3)10-13;1-2/h11H,5-10H2,1-4H3;1-2H3. The zero-order valence-corrected chi connectivity index (χ0v) is 13.6. The molecule has 0 radical (unpaired) electrons. The monoisotopic (exact) mass is 269 g/mol. The molecule has 0 atom stereocenters. The summed E-state index contributed by atoms with van der Waals surface area (Å²) in [5.41, 5.74) is 0.530. The molecule has 2 aliphatic rings. The highest BCUT2D eigenvalue weighted by Gasteiger charge is 2.44. The maximum Gasteiger partial charge on any atom is 0.319 e. The second kappa shape index (κ2) is 6.60. The van der Waals surface area contributed by atoms with Crippen molar-refractivity contribution < 1.29 is 4.79 Å². The molecule has 4 heteroatoms. The molecule has 2 aliphatic heterocycles. The second-order valence-electron chi connectivity index (χ2n) is 6.15. The molecule has 0 aromatic heterocycles. The van der Waals surface area contributed by atoms with E-state index in [1.54, 1.807) is 0 Å². The largest absolute Gasteiger partial charge is 0.325 e. The predicted molar refractivity (Wildman–Crippen MR) is 80.4 cm³/mol. The molecule has 0 aromatic rings. The van der Waals surface area contributed by atoms with E-state index < -0.39 is 0 Å². The third-order valence-electron chi connectivity index (χ3n) is 4.38. The average Bonchev–Trinajstić information content (AvgIpc) is 2.38. The molecule has 112 valence electrons. The lowest BCUT2D eigenvalue weighted by molar-refractivity contribution is -0.0259. The van der Waals surface area contributed by atoms with Crippen LogP contribution in [0.25, 0.3) is 0 Å². The van der Waals surface area contributed by atoms with Gasteiger partial charge in [0.15, 0.2) is 0 Å². The molecule has 0 N–H and O–H groups in total. The van der Waals surface area contributed by atoms with Crippen LogP contribution in [0.2, 0.25) is 0 Å². The molecule has 0 aliphatic carbocycles. The Morgan fingerprint density at radius 2 is 1.63 bits per heavy atom. The summed E-state index contributed by atoms with van der Waals surface area (Å²) in [6.07, 6.45) is 2.35. The molecular formula is C15H31N3O. The zero-order chi connectivity index (χ0) is 14.6. The van der Waals surface area contributed by atoms with E-state index in [0.717, 1.165) is 13.1 Å². The van der Waals surface area contributed by atoms with Crippen molar-refractivity contribution in [2.45, 2.75) is 46.6 Å². The normalized spacial score (nSPS) is 21.7. The van der Waals surface area contributed by atoms with Crippen molar-refractivity contribution in [1.29, 1.82) is 0 Å². The second-order valence-corrected chi connectivity index (χ2v) is 6.15. The van der Waals surface area contributed by atoms with Crippen LogP contribution in [-0.4, -0.2) is 67.0 Å². The quantitative estimate of drug-likeness (QED) is 0.731. The Morgan fingerprint density at radius 3 is 2.00 bits per heavy atom. The molecule has 1 spiro atoms. The number of piperidine rings is 1. The lowest BCUT2D eigenvalue weighted by Gasteiger charge is -2.53. The number of hydrogen-bond acceptors (Lipinski definition) is 2. The van der Waals surface area contributed by atoms with Crippen molar-refractivity contribution in [3.63, 3.8) is 0 Å². The SMILES string of the molecule is CC.CC(C)N(C)C(=O)N1CCC2(CC1)CN(C)C2. The average molecular weight is 269 g/mol. The maximum absolute atomic E-state index is 12.2. The van der Waals surface area contributed by atoms with Crippen molar-refractivity contribution in [2.24, 2.45) is 5.41 Å². The Morgan fingerprint density at radius 1 is 1.16 bits per heavy atom. The molecule has 19 heavy (non-hydrogen) atoms. The first-order chi connectivity index (χ1) is 8.93. The van der Waals surface area contributed by atoms with Crippen LogP contribution < -0.4 is 0 Å². The highest BCUT2D eigenvalue weighted by Crippen LogP contribution is 2.39. The Labute approximate surface area is 118 Å². The minimum Gasteiger partial charge on any atom is -0.325 e. The Hall–Kier alpha value is -0.770. The molecular weight excluding hydrogens is 238 g/mol. The summed E-state index contributed by atoms with van der Waals surface area (Å²) in [5, 5.41) is 0. The number of amides is 2. The summed E-state index contributed by atoms with van der Waals surface area (Å²) in [4.78, 5) is 18.4. The third kappa shape index (κ3) is 3.62. The van der Waals surface area contributed by atoms with E-state index in [4.69, 9.17) is 0 Å². The third-order valence-corrected chi connectivity index (χ3v) is 4.38. The van der Waals surface area contributed by atoms with Crippen LogP contribution in [-0.2, 0) is 0 Å². The van der Waals surface area contributed by atoms with Gasteiger partial charge in [-0.1, -0.05) is 13.8 Å². The lowest BCUT2D eigenvalue weighted by Crippen LogP contribution is -2.60. The van der Waals surface area contributed by atoms with Gasteiger partial charge in [-0.15, -0.1) is 0 Å². The van der Waals surface area contributed by atoms with E-state index in [9.17, 15) is 4.79 Å². The molecule has 2 rings (SSSR count). The van der Waals surface area contributed by atoms with Gasteiger partial charge >= 0.3 is 6.03 Å². The minimum atomic E-state index is 0.197. The van der Waals surface area contributed by atoms with Crippen molar-refractivity contribution in [1.82, 2.24) is 14.7 Å². The Bertz CT molecular complexity index is 288. The summed E-state index contributed by atoms with van der Waals surface area (Å²) >= 11 is 0. The van der Waals surface area contributed by atoms with Gasteiger partial charge < -0.3 is 14.7 Å². The van der Waals surface area contributed by atoms with Crippen molar-refractivity contribution in [3.05, 3.63) is 0 Å². The smallest absolute Gasteiger partial charge is 0.319 e. The van der Waals surface area contributed by atoms with E-state index in [0.29, 0.717) is 5.41 Å². The van der Waals surface area contributed by atoms with Gasteiger partial charge in [0.2, 0.25) is 0 Å². The minimum absolute atomic E-state index is 0.197. The molecule has 0 aromatic carbocycles. The van der Waals surface area contributed by atoms with Gasteiger partial charge in [-0.25, -0.2) is 4.79 Å². The first-order valence-electron chi connectivity index (χ1n) is 7.64. The van der Waals surface area contributed by atoms with Crippen molar-refractivity contribution >= 4 is 6.03 Å². The van der Waals surface area contributed by atoms with Gasteiger partial charge in [-0.05, 0) is 39.2 Å². The highest BCUT2D eigenvalue weighted by atomic mass is 16.2. The van der Waals surface area contributed by atoms with Crippen molar-refractivity contribution in [3.8, 4) is 0 Å². The number of carbonyl (C=O) groups excluding carboxylic acids is 1. The van der Waals surface area contributed by atoms with Crippen LogP contribution in [0.3, 0.4) is 0 Å². The molecule has 2 amide bonds. The number of nitrogens with zero attached hydrogens (tertiary/aromatic N) is 3. The molecule has 2 fully saturated rings. The van der Waals surface area contributed by atoms with Crippen molar-refractivity contribution in [2.75, 3.05) is 40.3 Å². The number of hydrogen-bond donors (Lipinski definition) is 0. The van der Waals surface area contributed by atoms with Gasteiger partial charge in [-0.2, -0.15) is 0 Å². The maximum atomic E-state index is 12.2. The summed E-state index contributed by atoms with van der Waals surface area (Å²) in [6, 6.07) is 0.482. The van der Waals surface area contributed by atoms with Gasteiger partial charge in [0.05, 0.1) is 0 Å². The zero-order valence-electron chi connectivity index (χ0n) is 13.6.